The summed E-state index contributed by atoms with van der Waals surface area (Å²) in [6.07, 6.45) is 3.08. The lowest BCUT2D eigenvalue weighted by Gasteiger charge is -2.10. The molecular weight excluding hydrogens is 246 g/mol. The van der Waals surface area contributed by atoms with Crippen molar-refractivity contribution in [3.8, 4) is 11.6 Å². The molecule has 0 saturated carbocycles. The molecule has 0 fully saturated rings. The number of thiocarbonyl (C=S) groups is 1. The Bertz CT molecular complexity index is 599. The zero-order valence-corrected chi connectivity index (χ0v) is 11.0. The summed E-state index contributed by atoms with van der Waals surface area (Å²) in [6, 6.07) is 5.95. The smallest absolute Gasteiger partial charge is 0.248 e. The van der Waals surface area contributed by atoms with Crippen LogP contribution < -0.4 is 10.5 Å². The van der Waals surface area contributed by atoms with Crippen LogP contribution in [0.2, 0.25) is 0 Å². The highest BCUT2D eigenvalue weighted by molar-refractivity contribution is 7.80. The van der Waals surface area contributed by atoms with E-state index in [2.05, 4.69) is 9.97 Å². The van der Waals surface area contributed by atoms with Crippen LogP contribution in [0.1, 0.15) is 16.8 Å². The van der Waals surface area contributed by atoms with Crippen molar-refractivity contribution in [1.82, 2.24) is 9.97 Å². The van der Waals surface area contributed by atoms with Gasteiger partial charge in [-0.1, -0.05) is 24.4 Å². The van der Waals surface area contributed by atoms with Crippen molar-refractivity contribution in [2.24, 2.45) is 5.73 Å². The molecule has 2 rings (SSSR count). The monoisotopic (exact) mass is 259 g/mol. The van der Waals surface area contributed by atoms with E-state index in [1.165, 1.54) is 6.20 Å². The van der Waals surface area contributed by atoms with Gasteiger partial charge in [0.05, 0.1) is 0 Å². The molecule has 0 atom stereocenters. The molecule has 2 aromatic rings. The molecule has 0 amide bonds. The maximum atomic E-state index is 5.74. The lowest BCUT2D eigenvalue weighted by Crippen LogP contribution is -2.13. The normalized spacial score (nSPS) is 10.1. The number of hydrogen-bond donors (Lipinski definition) is 1. The average Bonchev–Trinajstić information content (AvgIpc) is 2.34. The summed E-state index contributed by atoms with van der Waals surface area (Å²) in [7, 11) is 0. The predicted octanol–water partition coefficient (Wildman–Crippen LogP) is 2.52. The molecule has 0 bridgehead atoms. The molecule has 0 aliphatic heterocycles. The minimum absolute atomic E-state index is 0.170. The number of aromatic nitrogens is 2. The molecule has 92 valence electrons. The molecule has 0 aliphatic carbocycles. The Morgan fingerprint density at radius 3 is 2.67 bits per heavy atom. The minimum Gasteiger partial charge on any atom is -0.437 e. The number of aryl methyl sites for hydroxylation is 2. The molecule has 0 saturated heterocycles. The molecule has 0 unspecified atom stereocenters. The Balaban J connectivity index is 2.40. The molecule has 2 N–H and O–H groups in total. The van der Waals surface area contributed by atoms with Gasteiger partial charge in [0, 0.05) is 12.4 Å². The molecule has 0 aliphatic rings. The summed E-state index contributed by atoms with van der Waals surface area (Å²) >= 11 is 4.92. The molecular formula is C13H13N3OS. The molecule has 18 heavy (non-hydrogen) atoms. The average molecular weight is 259 g/mol. The number of benzene rings is 1. The summed E-state index contributed by atoms with van der Waals surface area (Å²) in [5.74, 6) is 1.06. The van der Waals surface area contributed by atoms with E-state index < -0.39 is 0 Å². The number of hydrogen-bond acceptors (Lipinski definition) is 4. The Morgan fingerprint density at radius 2 is 1.94 bits per heavy atom. The van der Waals surface area contributed by atoms with Crippen LogP contribution in [0.25, 0.3) is 0 Å². The Kier molecular flexibility index (Phi) is 3.53. The van der Waals surface area contributed by atoms with Gasteiger partial charge in [-0.2, -0.15) is 0 Å². The van der Waals surface area contributed by atoms with E-state index in [0.717, 1.165) is 16.9 Å². The van der Waals surface area contributed by atoms with Gasteiger partial charge in [-0.15, -0.1) is 0 Å². The largest absolute Gasteiger partial charge is 0.437 e. The van der Waals surface area contributed by atoms with E-state index in [1.807, 2.05) is 32.0 Å². The highest BCUT2D eigenvalue weighted by Crippen LogP contribution is 2.26. The Hall–Kier alpha value is -2.01. The van der Waals surface area contributed by atoms with E-state index in [0.29, 0.717) is 11.6 Å². The standard InChI is InChI=1S/C13H13N3OS/c1-8-3-4-9(2)10(7-8)17-13-11(12(14)18)15-5-6-16-13/h3-7H,1-2H3,(H2,14,18). The van der Waals surface area contributed by atoms with Crippen molar-refractivity contribution < 1.29 is 4.74 Å². The SMILES string of the molecule is Cc1ccc(C)c(Oc2nccnc2C(N)=S)c1. The summed E-state index contributed by atoms with van der Waals surface area (Å²) < 4.78 is 5.74. The summed E-state index contributed by atoms with van der Waals surface area (Å²) in [5, 5.41) is 0. The predicted molar refractivity (Wildman–Crippen MR) is 73.9 cm³/mol. The van der Waals surface area contributed by atoms with Crippen LogP contribution in [0, 0.1) is 13.8 Å². The second kappa shape index (κ2) is 5.10. The first-order valence-corrected chi connectivity index (χ1v) is 5.84. The number of ether oxygens (including phenoxy) is 1. The summed E-state index contributed by atoms with van der Waals surface area (Å²) in [4.78, 5) is 8.36. The van der Waals surface area contributed by atoms with Gasteiger partial charge >= 0.3 is 0 Å². The Morgan fingerprint density at radius 1 is 1.22 bits per heavy atom. The van der Waals surface area contributed by atoms with Crippen LogP contribution in [0.3, 0.4) is 0 Å². The number of rotatable bonds is 3. The summed E-state index contributed by atoms with van der Waals surface area (Å²) in [6.45, 7) is 3.96. The fourth-order valence-corrected chi connectivity index (χ4v) is 1.63. The quantitative estimate of drug-likeness (QED) is 0.858. The highest BCUT2D eigenvalue weighted by Gasteiger charge is 2.11. The first-order valence-electron chi connectivity index (χ1n) is 5.44. The molecule has 0 radical (unpaired) electrons. The minimum atomic E-state index is 0.170. The van der Waals surface area contributed by atoms with E-state index in [4.69, 9.17) is 22.7 Å². The van der Waals surface area contributed by atoms with Crippen molar-refractivity contribution in [3.63, 3.8) is 0 Å². The molecule has 1 aromatic carbocycles. The second-order valence-electron chi connectivity index (χ2n) is 3.95. The zero-order chi connectivity index (χ0) is 13.1. The maximum Gasteiger partial charge on any atom is 0.248 e. The maximum absolute atomic E-state index is 5.74. The van der Waals surface area contributed by atoms with Crippen LogP contribution in [-0.4, -0.2) is 15.0 Å². The number of nitrogens with zero attached hydrogens (tertiary/aromatic N) is 2. The van der Waals surface area contributed by atoms with Crippen LogP contribution >= 0.6 is 12.2 Å². The fraction of sp³-hybridized carbons (Fsp3) is 0.154. The molecule has 1 aromatic heterocycles. The second-order valence-corrected chi connectivity index (χ2v) is 4.39. The highest BCUT2D eigenvalue weighted by atomic mass is 32.1. The molecule has 5 heteroatoms. The third-order valence-electron chi connectivity index (χ3n) is 2.45. The van der Waals surface area contributed by atoms with Crippen LogP contribution in [0.5, 0.6) is 11.6 Å². The first kappa shape index (κ1) is 12.4. The zero-order valence-electron chi connectivity index (χ0n) is 10.2. The first-order chi connectivity index (χ1) is 8.58. The van der Waals surface area contributed by atoms with Crippen molar-refractivity contribution in [3.05, 3.63) is 47.4 Å². The van der Waals surface area contributed by atoms with E-state index in [-0.39, 0.29) is 4.99 Å². The van der Waals surface area contributed by atoms with Crippen molar-refractivity contribution in [1.29, 1.82) is 0 Å². The topological polar surface area (TPSA) is 61.0 Å². The van der Waals surface area contributed by atoms with Gasteiger partial charge in [0.15, 0.2) is 5.69 Å². The van der Waals surface area contributed by atoms with Gasteiger partial charge in [0.25, 0.3) is 0 Å². The van der Waals surface area contributed by atoms with Gasteiger partial charge < -0.3 is 10.5 Å². The third kappa shape index (κ3) is 2.62. The van der Waals surface area contributed by atoms with Crippen molar-refractivity contribution in [2.45, 2.75) is 13.8 Å². The fourth-order valence-electron chi connectivity index (χ4n) is 1.49. The van der Waals surface area contributed by atoms with Crippen molar-refractivity contribution >= 4 is 17.2 Å². The van der Waals surface area contributed by atoms with Gasteiger partial charge in [-0.05, 0) is 31.0 Å². The number of nitrogens with two attached hydrogens (primary N) is 1. The third-order valence-corrected chi connectivity index (χ3v) is 2.64. The van der Waals surface area contributed by atoms with Crippen LogP contribution in [-0.2, 0) is 0 Å². The summed E-state index contributed by atoms with van der Waals surface area (Å²) in [5.41, 5.74) is 8.10. The van der Waals surface area contributed by atoms with E-state index >= 15 is 0 Å². The van der Waals surface area contributed by atoms with E-state index in [1.54, 1.807) is 6.20 Å². The lowest BCUT2D eigenvalue weighted by atomic mass is 10.1. The van der Waals surface area contributed by atoms with Crippen LogP contribution in [0.15, 0.2) is 30.6 Å². The van der Waals surface area contributed by atoms with Crippen LogP contribution in [0.4, 0.5) is 0 Å². The van der Waals surface area contributed by atoms with Gasteiger partial charge in [-0.25, -0.2) is 9.97 Å². The van der Waals surface area contributed by atoms with Gasteiger partial charge in [0.1, 0.15) is 10.7 Å². The van der Waals surface area contributed by atoms with Crippen molar-refractivity contribution in [2.75, 3.05) is 0 Å². The molecule has 1 heterocycles. The van der Waals surface area contributed by atoms with Gasteiger partial charge in [0.2, 0.25) is 5.88 Å². The Labute approximate surface area is 111 Å². The molecule has 4 nitrogen and oxygen atoms in total. The van der Waals surface area contributed by atoms with E-state index in [9.17, 15) is 0 Å². The lowest BCUT2D eigenvalue weighted by molar-refractivity contribution is 0.455. The van der Waals surface area contributed by atoms with Gasteiger partial charge in [-0.3, -0.25) is 0 Å². The molecule has 0 spiro atoms.